The molecule has 1 aliphatic rings. The van der Waals surface area contributed by atoms with Crippen LogP contribution in [-0.2, 0) is 33.2 Å². The molecule has 224 valence electrons. The fourth-order valence-electron chi connectivity index (χ4n) is 4.69. The van der Waals surface area contributed by atoms with Crippen LogP contribution in [0.25, 0.3) is 0 Å². The number of halogens is 7. The molecule has 1 aliphatic heterocycles. The number of rotatable bonds is 5. The molecular formula is C26H26ClF6N3O5. The molecule has 1 heterocycles. The van der Waals surface area contributed by atoms with Gasteiger partial charge in [-0.05, 0) is 56.2 Å². The first-order chi connectivity index (χ1) is 19.0. The topological polar surface area (TPSA) is 88.2 Å². The number of benzene rings is 2. The van der Waals surface area contributed by atoms with Gasteiger partial charge in [-0.25, -0.2) is 9.59 Å². The molecule has 41 heavy (non-hydrogen) atoms. The van der Waals surface area contributed by atoms with Crippen LogP contribution < -0.4 is 10.2 Å². The van der Waals surface area contributed by atoms with Gasteiger partial charge in [-0.3, -0.25) is 14.6 Å². The van der Waals surface area contributed by atoms with Crippen molar-refractivity contribution in [3.63, 3.8) is 0 Å². The lowest BCUT2D eigenvalue weighted by Gasteiger charge is -2.43. The standard InChI is InChI=1S/C26H26ClF6N3O5/c1-5-41-24(39)36-13(2)6-21(19-10-18(27)11-20(22(19)36)34-14(3)37)35(23(38)40-4)12-15-7-16(25(28,29)30)9-17(8-15)26(31,32)33/h7-11,13,21H,5-6,12H2,1-4H3,(H,34,37)/t13-,21+/m1/s1. The number of nitrogens with zero attached hydrogens (tertiary/aromatic N) is 2. The third-order valence-corrected chi connectivity index (χ3v) is 6.49. The molecule has 0 fully saturated rings. The number of amides is 3. The second kappa shape index (κ2) is 12.0. The Bertz CT molecular complexity index is 1300. The Balaban J connectivity index is 2.24. The Morgan fingerprint density at radius 3 is 2.12 bits per heavy atom. The van der Waals surface area contributed by atoms with Crippen molar-refractivity contribution in [2.45, 2.75) is 58.2 Å². The second-order valence-corrected chi connectivity index (χ2v) is 9.69. The Morgan fingerprint density at radius 2 is 1.63 bits per heavy atom. The van der Waals surface area contributed by atoms with E-state index >= 15 is 0 Å². The molecular weight excluding hydrogens is 584 g/mol. The zero-order valence-electron chi connectivity index (χ0n) is 22.2. The van der Waals surface area contributed by atoms with Crippen LogP contribution in [0.15, 0.2) is 30.3 Å². The SMILES string of the molecule is CCOC(=O)N1c2c(NC(C)=O)cc(Cl)cc2[C@@H](N(Cc2cc(C(F)(F)F)cc(C(F)(F)F)c2)C(=O)OC)C[C@H]1C. The molecule has 2 aromatic carbocycles. The van der Waals surface area contributed by atoms with E-state index in [-0.39, 0.29) is 41.1 Å². The summed E-state index contributed by atoms with van der Waals surface area (Å²) in [5.74, 6) is -0.526. The monoisotopic (exact) mass is 609 g/mol. The molecule has 3 amide bonds. The summed E-state index contributed by atoms with van der Waals surface area (Å²) in [5.41, 5.74) is -3.21. The van der Waals surface area contributed by atoms with Crippen LogP contribution in [0.3, 0.4) is 0 Å². The molecule has 2 atom stereocenters. The number of fused-ring (bicyclic) bond motifs is 1. The molecule has 1 N–H and O–H groups in total. The average molecular weight is 610 g/mol. The molecule has 3 rings (SSSR count). The largest absolute Gasteiger partial charge is 0.453 e. The van der Waals surface area contributed by atoms with E-state index in [4.69, 9.17) is 21.1 Å². The van der Waals surface area contributed by atoms with Crippen LogP contribution in [0.1, 0.15) is 55.5 Å². The fraction of sp³-hybridized carbons (Fsp3) is 0.423. The smallest absolute Gasteiger partial charge is 0.416 e. The van der Waals surface area contributed by atoms with E-state index in [1.807, 2.05) is 0 Å². The van der Waals surface area contributed by atoms with Crippen LogP contribution >= 0.6 is 11.6 Å². The van der Waals surface area contributed by atoms with Crippen molar-refractivity contribution in [1.82, 2.24) is 4.90 Å². The molecule has 0 bridgehead atoms. The van der Waals surface area contributed by atoms with Gasteiger partial charge in [-0.15, -0.1) is 0 Å². The number of carbonyl (C=O) groups is 3. The molecule has 8 nitrogen and oxygen atoms in total. The lowest BCUT2D eigenvalue weighted by atomic mass is 9.89. The number of nitrogens with one attached hydrogen (secondary N) is 1. The normalized spacial score (nSPS) is 17.0. The first kappa shape index (κ1) is 31.8. The summed E-state index contributed by atoms with van der Waals surface area (Å²) >= 11 is 6.30. The molecule has 0 radical (unpaired) electrons. The molecule has 0 saturated carbocycles. The van der Waals surface area contributed by atoms with E-state index in [1.165, 1.54) is 24.0 Å². The van der Waals surface area contributed by atoms with Gasteiger partial charge < -0.3 is 14.8 Å². The Labute approximate surface area is 236 Å². The Morgan fingerprint density at radius 1 is 1.05 bits per heavy atom. The van der Waals surface area contributed by atoms with Gasteiger partial charge in [0.15, 0.2) is 0 Å². The predicted molar refractivity (Wildman–Crippen MR) is 136 cm³/mol. The summed E-state index contributed by atoms with van der Waals surface area (Å²) < 4.78 is 91.1. The summed E-state index contributed by atoms with van der Waals surface area (Å²) in [5, 5.41) is 2.63. The lowest BCUT2D eigenvalue weighted by Crippen LogP contribution is -2.48. The molecule has 15 heteroatoms. The predicted octanol–water partition coefficient (Wildman–Crippen LogP) is 7.40. The van der Waals surface area contributed by atoms with Crippen LogP contribution in [-0.4, -0.2) is 42.8 Å². The minimum atomic E-state index is -5.10. The van der Waals surface area contributed by atoms with Crippen molar-refractivity contribution in [3.8, 4) is 0 Å². The maximum absolute atomic E-state index is 13.5. The molecule has 0 spiro atoms. The summed E-state index contributed by atoms with van der Waals surface area (Å²) in [6.07, 6.45) is -12.1. The van der Waals surface area contributed by atoms with E-state index in [1.54, 1.807) is 13.8 Å². The second-order valence-electron chi connectivity index (χ2n) is 9.25. The average Bonchev–Trinajstić information content (AvgIpc) is 2.85. The molecule has 0 saturated heterocycles. The van der Waals surface area contributed by atoms with Crippen LogP contribution in [0.5, 0.6) is 0 Å². The Kier molecular flexibility index (Phi) is 9.36. The van der Waals surface area contributed by atoms with Crippen molar-refractivity contribution in [2.75, 3.05) is 23.9 Å². The van der Waals surface area contributed by atoms with Gasteiger partial charge in [0.25, 0.3) is 0 Å². The summed E-state index contributed by atoms with van der Waals surface area (Å²) in [4.78, 5) is 40.1. The third-order valence-electron chi connectivity index (χ3n) is 6.27. The number of anilines is 2. The Hall–Kier alpha value is -3.68. The number of ether oxygens (including phenoxy) is 2. The zero-order valence-corrected chi connectivity index (χ0v) is 23.0. The minimum Gasteiger partial charge on any atom is -0.453 e. The highest BCUT2D eigenvalue weighted by Gasteiger charge is 2.42. The van der Waals surface area contributed by atoms with Gasteiger partial charge in [0.2, 0.25) is 5.91 Å². The van der Waals surface area contributed by atoms with Gasteiger partial charge in [0.1, 0.15) is 0 Å². The van der Waals surface area contributed by atoms with Gasteiger partial charge in [0, 0.05) is 30.1 Å². The maximum atomic E-state index is 13.5. The van der Waals surface area contributed by atoms with E-state index in [2.05, 4.69) is 5.32 Å². The molecule has 0 aromatic heterocycles. The zero-order chi connectivity index (χ0) is 30.9. The molecule has 0 aliphatic carbocycles. The van der Waals surface area contributed by atoms with Crippen molar-refractivity contribution < 1.29 is 50.2 Å². The number of alkyl halides is 6. The molecule has 0 unspecified atom stereocenters. The summed E-state index contributed by atoms with van der Waals surface area (Å²) in [7, 11) is 1.00. The quantitative estimate of drug-likeness (QED) is 0.357. The van der Waals surface area contributed by atoms with Crippen LogP contribution in [0.4, 0.5) is 47.3 Å². The molecule has 2 aromatic rings. The lowest BCUT2D eigenvalue weighted by molar-refractivity contribution is -0.143. The highest BCUT2D eigenvalue weighted by atomic mass is 35.5. The number of hydrogen-bond acceptors (Lipinski definition) is 5. The first-order valence-corrected chi connectivity index (χ1v) is 12.6. The third kappa shape index (κ3) is 7.16. The van der Waals surface area contributed by atoms with E-state index < -0.39 is 65.8 Å². The van der Waals surface area contributed by atoms with Crippen molar-refractivity contribution >= 4 is 41.1 Å². The van der Waals surface area contributed by atoms with Crippen molar-refractivity contribution in [1.29, 1.82) is 0 Å². The van der Waals surface area contributed by atoms with Gasteiger partial charge in [-0.2, -0.15) is 26.3 Å². The van der Waals surface area contributed by atoms with Gasteiger partial charge >= 0.3 is 24.5 Å². The fourth-order valence-corrected chi connectivity index (χ4v) is 4.92. The van der Waals surface area contributed by atoms with Crippen LogP contribution in [0, 0.1) is 0 Å². The van der Waals surface area contributed by atoms with E-state index in [9.17, 15) is 40.7 Å². The van der Waals surface area contributed by atoms with E-state index in [0.29, 0.717) is 12.1 Å². The maximum Gasteiger partial charge on any atom is 0.416 e. The number of methoxy groups -OCH3 is 1. The van der Waals surface area contributed by atoms with Gasteiger partial charge in [-0.1, -0.05) is 11.6 Å². The minimum absolute atomic E-state index is 0.00917. The number of hydrogen-bond donors (Lipinski definition) is 1. The first-order valence-electron chi connectivity index (χ1n) is 12.2. The summed E-state index contributed by atoms with van der Waals surface area (Å²) in [6, 6.07) is 1.98. The van der Waals surface area contributed by atoms with Crippen molar-refractivity contribution in [2.24, 2.45) is 0 Å². The van der Waals surface area contributed by atoms with E-state index in [0.717, 1.165) is 12.0 Å². The van der Waals surface area contributed by atoms with Crippen molar-refractivity contribution in [3.05, 3.63) is 57.6 Å². The number of carbonyl (C=O) groups excluding carboxylic acids is 3. The van der Waals surface area contributed by atoms with Crippen LogP contribution in [0.2, 0.25) is 5.02 Å². The van der Waals surface area contributed by atoms with Gasteiger partial charge in [0.05, 0.1) is 42.3 Å². The highest BCUT2D eigenvalue weighted by Crippen LogP contribution is 2.47. The highest BCUT2D eigenvalue weighted by molar-refractivity contribution is 6.31. The summed E-state index contributed by atoms with van der Waals surface area (Å²) in [6.45, 7) is 3.67.